The predicted octanol–water partition coefficient (Wildman–Crippen LogP) is 0.871. The largest absolute Gasteiger partial charge is 0.349 e. The quantitative estimate of drug-likeness (QED) is 0.595. The van der Waals surface area contributed by atoms with E-state index in [4.69, 9.17) is 0 Å². The van der Waals surface area contributed by atoms with E-state index in [-0.39, 0.29) is 5.91 Å². The van der Waals surface area contributed by atoms with Gasteiger partial charge in [-0.15, -0.1) is 0 Å². The van der Waals surface area contributed by atoms with E-state index in [1.54, 1.807) is 13.8 Å². The van der Waals surface area contributed by atoms with Crippen LogP contribution in [0.15, 0.2) is 0 Å². The molecule has 1 N–H and O–H groups in total. The minimum atomic E-state index is -0.703. The number of nitrogens with one attached hydrogen (secondary N) is 1. The monoisotopic (exact) mass is 133 g/mol. The van der Waals surface area contributed by atoms with Gasteiger partial charge in [-0.2, -0.15) is 0 Å². The topological polar surface area (TPSA) is 29.1 Å². The molecule has 54 valence electrons. The van der Waals surface area contributed by atoms with E-state index >= 15 is 0 Å². The van der Waals surface area contributed by atoms with Gasteiger partial charge in [-0.3, -0.25) is 4.79 Å². The number of rotatable bonds is 2. The summed E-state index contributed by atoms with van der Waals surface area (Å²) in [7, 11) is 0. The van der Waals surface area contributed by atoms with Crippen LogP contribution in [0.3, 0.4) is 0 Å². The predicted molar refractivity (Wildman–Crippen MR) is 33.9 cm³/mol. The van der Waals surface area contributed by atoms with E-state index < -0.39 is 12.2 Å². The van der Waals surface area contributed by atoms with Crippen LogP contribution in [0.1, 0.15) is 20.8 Å². The van der Waals surface area contributed by atoms with Crippen LogP contribution < -0.4 is 5.32 Å². The van der Waals surface area contributed by atoms with Gasteiger partial charge in [0.25, 0.3) is 0 Å². The van der Waals surface area contributed by atoms with Gasteiger partial charge < -0.3 is 5.32 Å². The molecule has 2 nitrogen and oxygen atoms in total. The third-order valence-corrected chi connectivity index (χ3v) is 0.848. The lowest BCUT2D eigenvalue weighted by atomic mass is 10.1. The number of carbonyl (C=O) groups excluding carboxylic acids is 1. The molecule has 0 atom stereocenters. The molecule has 0 radical (unpaired) electrons. The third kappa shape index (κ3) is 3.94. The van der Waals surface area contributed by atoms with E-state index in [0.29, 0.717) is 0 Å². The zero-order chi connectivity index (χ0) is 7.49. The average molecular weight is 133 g/mol. The normalized spacial score (nSPS) is 11.1. The number of hydrogen-bond donors (Lipinski definition) is 1. The standard InChI is InChI=1S/C6H12FNO/c1-5(9)8-6(2,3)4-7/h4H2,1-3H3,(H,8,9). The highest BCUT2D eigenvalue weighted by atomic mass is 19.1. The Morgan fingerprint density at radius 1 is 1.67 bits per heavy atom. The van der Waals surface area contributed by atoms with E-state index in [2.05, 4.69) is 5.32 Å². The van der Waals surface area contributed by atoms with Gasteiger partial charge in [0.05, 0.1) is 5.54 Å². The van der Waals surface area contributed by atoms with Gasteiger partial charge in [0.1, 0.15) is 6.67 Å². The molecule has 0 aromatic heterocycles. The van der Waals surface area contributed by atoms with Crippen LogP contribution in [0.25, 0.3) is 0 Å². The highest BCUT2D eigenvalue weighted by Gasteiger charge is 2.17. The molecule has 0 heterocycles. The highest BCUT2D eigenvalue weighted by Crippen LogP contribution is 2.00. The van der Waals surface area contributed by atoms with Crippen LogP contribution >= 0.6 is 0 Å². The van der Waals surface area contributed by atoms with Gasteiger partial charge >= 0.3 is 0 Å². The molecule has 0 saturated carbocycles. The molecule has 0 rings (SSSR count). The number of halogens is 1. The molecule has 0 bridgehead atoms. The summed E-state index contributed by atoms with van der Waals surface area (Å²) in [6.45, 7) is 4.10. The second-order valence-corrected chi connectivity index (χ2v) is 2.70. The fourth-order valence-corrected chi connectivity index (χ4v) is 0.510. The van der Waals surface area contributed by atoms with Crippen molar-refractivity contribution >= 4 is 5.91 Å². The van der Waals surface area contributed by atoms with Crippen molar-refractivity contribution in [1.29, 1.82) is 0 Å². The summed E-state index contributed by atoms with van der Waals surface area (Å²) in [6, 6.07) is 0. The first kappa shape index (κ1) is 8.40. The maximum absolute atomic E-state index is 11.9. The number of hydrogen-bond acceptors (Lipinski definition) is 1. The van der Waals surface area contributed by atoms with Gasteiger partial charge in [-0.05, 0) is 13.8 Å². The Morgan fingerprint density at radius 3 is 2.22 bits per heavy atom. The van der Waals surface area contributed by atoms with Crippen LogP contribution in [-0.2, 0) is 4.79 Å². The molecule has 0 spiro atoms. The first-order valence-electron chi connectivity index (χ1n) is 2.82. The summed E-state index contributed by atoms with van der Waals surface area (Å²) >= 11 is 0. The van der Waals surface area contributed by atoms with Crippen LogP contribution in [0.2, 0.25) is 0 Å². The SMILES string of the molecule is CC(=O)NC(C)(C)CF. The first-order valence-corrected chi connectivity index (χ1v) is 2.82. The van der Waals surface area contributed by atoms with E-state index in [0.717, 1.165) is 0 Å². The molecule has 0 aliphatic rings. The molecule has 0 aliphatic heterocycles. The molecular weight excluding hydrogens is 121 g/mol. The zero-order valence-corrected chi connectivity index (χ0v) is 5.99. The molecule has 0 aromatic rings. The van der Waals surface area contributed by atoms with Crippen molar-refractivity contribution in [1.82, 2.24) is 5.32 Å². The lowest BCUT2D eigenvalue weighted by Crippen LogP contribution is -2.43. The maximum Gasteiger partial charge on any atom is 0.217 e. The molecule has 1 amide bonds. The Balaban J connectivity index is 3.71. The van der Waals surface area contributed by atoms with Gasteiger partial charge in [-0.1, -0.05) is 0 Å². The molecule has 0 fully saturated rings. The van der Waals surface area contributed by atoms with Gasteiger partial charge in [0.15, 0.2) is 0 Å². The van der Waals surface area contributed by atoms with Crippen molar-refractivity contribution in [2.45, 2.75) is 26.3 Å². The van der Waals surface area contributed by atoms with Crippen molar-refractivity contribution < 1.29 is 9.18 Å². The van der Waals surface area contributed by atoms with Crippen molar-refractivity contribution in [3.05, 3.63) is 0 Å². The molecule has 3 heteroatoms. The van der Waals surface area contributed by atoms with Crippen molar-refractivity contribution in [3.8, 4) is 0 Å². The van der Waals surface area contributed by atoms with E-state index in [1.807, 2.05) is 0 Å². The van der Waals surface area contributed by atoms with Crippen LogP contribution in [-0.4, -0.2) is 18.1 Å². The molecule has 0 saturated heterocycles. The first-order chi connectivity index (χ1) is 3.98. The van der Waals surface area contributed by atoms with Gasteiger partial charge in [0, 0.05) is 6.92 Å². The van der Waals surface area contributed by atoms with E-state index in [1.165, 1.54) is 6.92 Å². The number of carbonyl (C=O) groups is 1. The average Bonchev–Trinajstić information content (AvgIpc) is 1.63. The van der Waals surface area contributed by atoms with E-state index in [9.17, 15) is 9.18 Å². The summed E-state index contributed by atoms with van der Waals surface area (Å²) in [5, 5.41) is 2.45. The molecule has 0 aromatic carbocycles. The molecule has 0 aliphatic carbocycles. The summed E-state index contributed by atoms with van der Waals surface area (Å²) in [6.07, 6.45) is 0. The van der Waals surface area contributed by atoms with Crippen LogP contribution in [0, 0.1) is 0 Å². The second-order valence-electron chi connectivity index (χ2n) is 2.70. The molecule has 9 heavy (non-hydrogen) atoms. The van der Waals surface area contributed by atoms with Crippen molar-refractivity contribution in [2.24, 2.45) is 0 Å². The smallest absolute Gasteiger partial charge is 0.217 e. The summed E-state index contributed by atoms with van der Waals surface area (Å²) in [4.78, 5) is 10.3. The minimum Gasteiger partial charge on any atom is -0.349 e. The second kappa shape index (κ2) is 2.80. The summed E-state index contributed by atoms with van der Waals surface area (Å²) in [5.74, 6) is -0.197. The summed E-state index contributed by atoms with van der Waals surface area (Å²) < 4.78 is 11.9. The fraction of sp³-hybridized carbons (Fsp3) is 0.833. The number of alkyl halides is 1. The van der Waals surface area contributed by atoms with Crippen molar-refractivity contribution in [2.75, 3.05) is 6.67 Å². The number of amides is 1. The summed E-state index contributed by atoms with van der Waals surface area (Å²) in [5.41, 5.74) is -0.703. The third-order valence-electron chi connectivity index (χ3n) is 0.848. The van der Waals surface area contributed by atoms with Gasteiger partial charge in [-0.25, -0.2) is 4.39 Å². The van der Waals surface area contributed by atoms with Gasteiger partial charge in [0.2, 0.25) is 5.91 Å². The lowest BCUT2D eigenvalue weighted by Gasteiger charge is -2.20. The Bertz CT molecular complexity index is 112. The Morgan fingerprint density at radius 2 is 2.11 bits per heavy atom. The Hall–Kier alpha value is -0.600. The minimum absolute atomic E-state index is 0.197. The Labute approximate surface area is 54.4 Å². The fourth-order valence-electron chi connectivity index (χ4n) is 0.510. The zero-order valence-electron chi connectivity index (χ0n) is 5.99. The maximum atomic E-state index is 11.9. The lowest BCUT2D eigenvalue weighted by molar-refractivity contribution is -0.120. The molecular formula is C6H12FNO. The van der Waals surface area contributed by atoms with Crippen LogP contribution in [0.5, 0.6) is 0 Å². The molecule has 0 unspecified atom stereocenters. The van der Waals surface area contributed by atoms with Crippen LogP contribution in [0.4, 0.5) is 4.39 Å². The van der Waals surface area contributed by atoms with Crippen molar-refractivity contribution in [3.63, 3.8) is 0 Å². The highest BCUT2D eigenvalue weighted by molar-refractivity contribution is 5.73. The Kier molecular flexibility index (Phi) is 2.62.